The lowest BCUT2D eigenvalue weighted by molar-refractivity contribution is -0.0451. The monoisotopic (exact) mass is 341 g/mol. The zero-order valence-electron chi connectivity index (χ0n) is 15.8. The Bertz CT molecular complexity index is 635. The SMILES string of the molecule is CC1(C)C2CCC1(C)C(OC(=O)c1ccccc1)C2CN1CCCC1. The van der Waals surface area contributed by atoms with E-state index in [2.05, 4.69) is 25.7 Å². The van der Waals surface area contributed by atoms with Crippen LogP contribution in [0.15, 0.2) is 30.3 Å². The summed E-state index contributed by atoms with van der Waals surface area (Å²) in [5, 5.41) is 0. The van der Waals surface area contributed by atoms with E-state index in [1.54, 1.807) is 0 Å². The van der Waals surface area contributed by atoms with Crippen molar-refractivity contribution >= 4 is 5.97 Å². The Morgan fingerprint density at radius 3 is 2.52 bits per heavy atom. The smallest absolute Gasteiger partial charge is 0.338 e. The summed E-state index contributed by atoms with van der Waals surface area (Å²) >= 11 is 0. The normalized spacial score (nSPS) is 36.7. The van der Waals surface area contributed by atoms with Crippen molar-refractivity contribution in [3.63, 3.8) is 0 Å². The van der Waals surface area contributed by atoms with Crippen molar-refractivity contribution in [2.24, 2.45) is 22.7 Å². The molecule has 2 aliphatic carbocycles. The second kappa shape index (κ2) is 6.12. The standard InChI is InChI=1S/C22H31NO2/c1-21(2)18-11-12-22(21,3)19(17(18)15-23-13-7-8-14-23)25-20(24)16-9-5-4-6-10-16/h4-6,9-10,17-19H,7-8,11-15H2,1-3H3. The largest absolute Gasteiger partial charge is 0.458 e. The van der Waals surface area contributed by atoms with E-state index in [1.807, 2.05) is 30.3 Å². The predicted octanol–water partition coefficient (Wildman–Crippen LogP) is 4.38. The maximum absolute atomic E-state index is 12.8. The maximum Gasteiger partial charge on any atom is 0.338 e. The van der Waals surface area contributed by atoms with E-state index in [1.165, 1.54) is 38.8 Å². The van der Waals surface area contributed by atoms with Crippen LogP contribution in [0.5, 0.6) is 0 Å². The topological polar surface area (TPSA) is 29.5 Å². The van der Waals surface area contributed by atoms with Gasteiger partial charge in [0.15, 0.2) is 0 Å². The van der Waals surface area contributed by atoms with Crippen LogP contribution in [0, 0.1) is 22.7 Å². The summed E-state index contributed by atoms with van der Waals surface area (Å²) in [7, 11) is 0. The van der Waals surface area contributed by atoms with Gasteiger partial charge in [0, 0.05) is 17.9 Å². The number of nitrogens with zero attached hydrogens (tertiary/aromatic N) is 1. The number of fused-ring (bicyclic) bond motifs is 2. The van der Waals surface area contributed by atoms with Gasteiger partial charge < -0.3 is 9.64 Å². The first-order valence-electron chi connectivity index (χ1n) is 9.92. The zero-order valence-corrected chi connectivity index (χ0v) is 15.8. The molecule has 0 N–H and O–H groups in total. The van der Waals surface area contributed by atoms with E-state index < -0.39 is 0 Å². The minimum atomic E-state index is -0.151. The molecular weight excluding hydrogens is 310 g/mol. The van der Waals surface area contributed by atoms with Gasteiger partial charge in [0.25, 0.3) is 0 Å². The molecule has 0 amide bonds. The first-order chi connectivity index (χ1) is 11.9. The Morgan fingerprint density at radius 1 is 1.16 bits per heavy atom. The lowest BCUT2D eigenvalue weighted by Crippen LogP contribution is -2.44. The molecule has 0 aromatic heterocycles. The third-order valence-corrected chi connectivity index (χ3v) is 7.82. The zero-order chi connectivity index (χ0) is 17.7. The Kier molecular flexibility index (Phi) is 4.18. The third kappa shape index (κ3) is 2.63. The Hall–Kier alpha value is -1.35. The second-order valence-electron chi connectivity index (χ2n) is 9.15. The summed E-state index contributed by atoms with van der Waals surface area (Å²) < 4.78 is 6.23. The average molecular weight is 341 g/mol. The van der Waals surface area contributed by atoms with Gasteiger partial charge in [0.2, 0.25) is 0 Å². The van der Waals surface area contributed by atoms with Crippen molar-refractivity contribution in [1.29, 1.82) is 0 Å². The predicted molar refractivity (Wildman–Crippen MR) is 99.4 cm³/mol. The van der Waals surface area contributed by atoms with E-state index >= 15 is 0 Å². The molecular formula is C22H31NO2. The first kappa shape index (κ1) is 17.1. The quantitative estimate of drug-likeness (QED) is 0.761. The van der Waals surface area contributed by atoms with E-state index in [-0.39, 0.29) is 22.9 Å². The van der Waals surface area contributed by atoms with Gasteiger partial charge in [-0.05, 0) is 62.2 Å². The highest BCUT2D eigenvalue weighted by atomic mass is 16.5. The van der Waals surface area contributed by atoms with Gasteiger partial charge in [0.05, 0.1) is 5.56 Å². The highest BCUT2D eigenvalue weighted by Crippen LogP contribution is 2.68. The van der Waals surface area contributed by atoms with Crippen LogP contribution in [0.3, 0.4) is 0 Å². The van der Waals surface area contributed by atoms with Gasteiger partial charge in [-0.2, -0.15) is 0 Å². The minimum absolute atomic E-state index is 0.0366. The Balaban J connectivity index is 1.59. The summed E-state index contributed by atoms with van der Waals surface area (Å²) in [4.78, 5) is 15.4. The number of hydrogen-bond acceptors (Lipinski definition) is 3. The van der Waals surface area contributed by atoms with Crippen molar-refractivity contribution in [3.05, 3.63) is 35.9 Å². The molecule has 3 fully saturated rings. The number of hydrogen-bond donors (Lipinski definition) is 0. The fourth-order valence-electron chi connectivity index (χ4n) is 5.96. The van der Waals surface area contributed by atoms with Gasteiger partial charge in [-0.1, -0.05) is 39.0 Å². The molecule has 1 aliphatic heterocycles. The molecule has 3 heteroatoms. The van der Waals surface area contributed by atoms with Gasteiger partial charge in [-0.25, -0.2) is 4.79 Å². The van der Waals surface area contributed by atoms with Crippen molar-refractivity contribution in [2.75, 3.05) is 19.6 Å². The molecule has 3 nitrogen and oxygen atoms in total. The summed E-state index contributed by atoms with van der Waals surface area (Å²) in [6.45, 7) is 10.7. The van der Waals surface area contributed by atoms with E-state index in [0.717, 1.165) is 6.54 Å². The molecule has 3 aliphatic rings. The number of ether oxygens (including phenoxy) is 1. The first-order valence-corrected chi connectivity index (χ1v) is 9.92. The highest BCUT2D eigenvalue weighted by molar-refractivity contribution is 5.89. The average Bonchev–Trinajstić information content (AvgIpc) is 3.22. The van der Waals surface area contributed by atoms with Crippen LogP contribution in [0.25, 0.3) is 0 Å². The fourth-order valence-corrected chi connectivity index (χ4v) is 5.96. The van der Waals surface area contributed by atoms with E-state index in [4.69, 9.17) is 4.74 Å². The van der Waals surface area contributed by atoms with Gasteiger partial charge in [-0.15, -0.1) is 0 Å². The molecule has 136 valence electrons. The van der Waals surface area contributed by atoms with Crippen LogP contribution in [0.2, 0.25) is 0 Å². The van der Waals surface area contributed by atoms with E-state index in [0.29, 0.717) is 17.4 Å². The molecule has 4 atom stereocenters. The lowest BCUT2D eigenvalue weighted by atomic mass is 9.70. The third-order valence-electron chi connectivity index (χ3n) is 7.82. The highest BCUT2D eigenvalue weighted by Gasteiger charge is 2.67. The Labute approximate surface area is 151 Å². The number of carbonyl (C=O) groups excluding carboxylic acids is 1. The van der Waals surface area contributed by atoms with Gasteiger partial charge in [-0.3, -0.25) is 0 Å². The van der Waals surface area contributed by atoms with Crippen molar-refractivity contribution in [3.8, 4) is 0 Å². The lowest BCUT2D eigenvalue weighted by Gasteiger charge is -2.40. The maximum atomic E-state index is 12.8. The number of carbonyl (C=O) groups is 1. The van der Waals surface area contributed by atoms with Crippen molar-refractivity contribution in [2.45, 2.75) is 52.6 Å². The second-order valence-corrected chi connectivity index (χ2v) is 9.15. The number of rotatable bonds is 4. The molecule has 4 unspecified atom stereocenters. The van der Waals surface area contributed by atoms with Crippen LogP contribution >= 0.6 is 0 Å². The number of likely N-dealkylation sites (tertiary alicyclic amines) is 1. The summed E-state index contributed by atoms with van der Waals surface area (Å²) in [6, 6.07) is 9.47. The van der Waals surface area contributed by atoms with E-state index in [9.17, 15) is 4.79 Å². The Morgan fingerprint density at radius 2 is 1.84 bits per heavy atom. The number of esters is 1. The summed E-state index contributed by atoms with van der Waals surface area (Å²) in [5.74, 6) is 0.979. The molecule has 1 saturated heterocycles. The molecule has 25 heavy (non-hydrogen) atoms. The molecule has 1 heterocycles. The molecule has 4 rings (SSSR count). The molecule has 1 aromatic carbocycles. The number of benzene rings is 1. The molecule has 0 radical (unpaired) electrons. The summed E-state index contributed by atoms with van der Waals surface area (Å²) in [6.07, 6.45) is 5.11. The van der Waals surface area contributed by atoms with Crippen LogP contribution in [-0.4, -0.2) is 36.6 Å². The van der Waals surface area contributed by atoms with Crippen LogP contribution in [0.4, 0.5) is 0 Å². The molecule has 1 aromatic rings. The molecule has 0 spiro atoms. The molecule has 2 saturated carbocycles. The fraction of sp³-hybridized carbons (Fsp3) is 0.682. The van der Waals surface area contributed by atoms with Crippen molar-refractivity contribution in [1.82, 2.24) is 4.90 Å². The van der Waals surface area contributed by atoms with Crippen LogP contribution < -0.4 is 0 Å². The molecule has 2 bridgehead atoms. The minimum Gasteiger partial charge on any atom is -0.458 e. The van der Waals surface area contributed by atoms with Crippen LogP contribution in [-0.2, 0) is 4.74 Å². The van der Waals surface area contributed by atoms with Crippen LogP contribution in [0.1, 0.15) is 56.8 Å². The van der Waals surface area contributed by atoms with Gasteiger partial charge in [0.1, 0.15) is 6.10 Å². The van der Waals surface area contributed by atoms with Gasteiger partial charge >= 0.3 is 5.97 Å². The van der Waals surface area contributed by atoms with Crippen molar-refractivity contribution < 1.29 is 9.53 Å². The summed E-state index contributed by atoms with van der Waals surface area (Å²) in [5.41, 5.74) is 0.998.